The summed E-state index contributed by atoms with van der Waals surface area (Å²) in [7, 11) is 1.67. The van der Waals surface area contributed by atoms with Gasteiger partial charge in [-0.2, -0.15) is 0 Å². The highest BCUT2D eigenvalue weighted by Crippen LogP contribution is 2.00. The van der Waals surface area contributed by atoms with Crippen LogP contribution in [0.1, 0.15) is 13.8 Å². The summed E-state index contributed by atoms with van der Waals surface area (Å²) in [5, 5.41) is 23.1. The predicted molar refractivity (Wildman–Crippen MR) is 49.2 cm³/mol. The third-order valence-electron chi connectivity index (χ3n) is 1.95. The van der Waals surface area contributed by atoms with Crippen molar-refractivity contribution in [2.75, 3.05) is 20.3 Å². The Labute approximate surface area is 78.1 Å². The van der Waals surface area contributed by atoms with Crippen LogP contribution in [0.25, 0.3) is 0 Å². The normalized spacial score (nSPS) is 13.9. The summed E-state index contributed by atoms with van der Waals surface area (Å²) in [5.74, 6) is -0.242. The van der Waals surface area contributed by atoms with Gasteiger partial charge in [0, 0.05) is 0 Å². The number of hydrogen-bond acceptors (Lipinski definition) is 4. The molecule has 0 aromatic heterocycles. The molecule has 0 fully saturated rings. The first kappa shape index (κ1) is 12.3. The van der Waals surface area contributed by atoms with Gasteiger partial charge in [-0.05, 0) is 20.9 Å². The maximum atomic E-state index is 11.3. The lowest BCUT2D eigenvalue weighted by Crippen LogP contribution is -2.56. The van der Waals surface area contributed by atoms with E-state index in [4.69, 9.17) is 10.2 Å². The van der Waals surface area contributed by atoms with E-state index in [1.54, 1.807) is 20.9 Å². The Morgan fingerprint density at radius 3 is 2.23 bits per heavy atom. The van der Waals surface area contributed by atoms with E-state index in [1.165, 1.54) is 0 Å². The molecule has 0 saturated heterocycles. The summed E-state index contributed by atoms with van der Waals surface area (Å²) in [6.07, 6.45) is 0. The van der Waals surface area contributed by atoms with Crippen molar-refractivity contribution in [3.05, 3.63) is 0 Å². The maximum absolute atomic E-state index is 11.3. The lowest BCUT2D eigenvalue weighted by atomic mass is 10.1. The van der Waals surface area contributed by atoms with Crippen molar-refractivity contribution in [3.63, 3.8) is 0 Å². The van der Waals surface area contributed by atoms with Gasteiger partial charge in [0.2, 0.25) is 5.91 Å². The van der Waals surface area contributed by atoms with E-state index in [0.29, 0.717) is 0 Å². The molecule has 13 heavy (non-hydrogen) atoms. The molecule has 0 aromatic rings. The Morgan fingerprint density at radius 2 is 1.92 bits per heavy atom. The van der Waals surface area contributed by atoms with Crippen LogP contribution in [0, 0.1) is 0 Å². The van der Waals surface area contributed by atoms with Crippen LogP contribution in [-0.4, -0.2) is 48.0 Å². The van der Waals surface area contributed by atoms with Gasteiger partial charge in [-0.15, -0.1) is 0 Å². The SMILES string of the molecule is CNC(C)C(=O)NC(C)(CO)CO. The summed E-state index contributed by atoms with van der Waals surface area (Å²) >= 11 is 0. The first-order valence-electron chi connectivity index (χ1n) is 4.20. The molecule has 5 nitrogen and oxygen atoms in total. The van der Waals surface area contributed by atoms with Gasteiger partial charge in [-0.25, -0.2) is 0 Å². The summed E-state index contributed by atoms with van der Waals surface area (Å²) < 4.78 is 0. The minimum Gasteiger partial charge on any atom is -0.394 e. The second-order valence-corrected chi connectivity index (χ2v) is 3.38. The van der Waals surface area contributed by atoms with E-state index in [-0.39, 0.29) is 25.2 Å². The minimum atomic E-state index is -0.942. The smallest absolute Gasteiger partial charge is 0.237 e. The molecule has 0 heterocycles. The highest BCUT2D eigenvalue weighted by molar-refractivity contribution is 5.82. The zero-order valence-electron chi connectivity index (χ0n) is 8.29. The molecule has 5 heteroatoms. The van der Waals surface area contributed by atoms with Gasteiger partial charge in [0.25, 0.3) is 0 Å². The van der Waals surface area contributed by atoms with Crippen molar-refractivity contribution < 1.29 is 15.0 Å². The third-order valence-corrected chi connectivity index (χ3v) is 1.95. The summed E-state index contributed by atoms with van der Waals surface area (Å²) in [6, 6.07) is -0.336. The molecule has 4 N–H and O–H groups in total. The highest BCUT2D eigenvalue weighted by Gasteiger charge is 2.26. The minimum absolute atomic E-state index is 0.242. The molecule has 1 amide bonds. The molecule has 0 bridgehead atoms. The lowest BCUT2D eigenvalue weighted by molar-refractivity contribution is -0.125. The summed E-state index contributed by atoms with van der Waals surface area (Å²) in [6.45, 7) is 2.70. The predicted octanol–water partition coefficient (Wildman–Crippen LogP) is -1.55. The molecule has 0 rings (SSSR count). The van der Waals surface area contributed by atoms with E-state index >= 15 is 0 Å². The number of aliphatic hydroxyl groups is 2. The van der Waals surface area contributed by atoms with Gasteiger partial charge in [-0.1, -0.05) is 0 Å². The van der Waals surface area contributed by atoms with Crippen LogP contribution in [0.2, 0.25) is 0 Å². The fraction of sp³-hybridized carbons (Fsp3) is 0.875. The standard InChI is InChI=1S/C8H18N2O3/c1-6(9-3)7(13)10-8(2,4-11)5-12/h6,9,11-12H,4-5H2,1-3H3,(H,10,13). The second-order valence-electron chi connectivity index (χ2n) is 3.38. The topological polar surface area (TPSA) is 81.6 Å². The maximum Gasteiger partial charge on any atom is 0.237 e. The molecular weight excluding hydrogens is 172 g/mol. The number of aliphatic hydroxyl groups excluding tert-OH is 2. The molecule has 78 valence electrons. The number of amides is 1. The molecule has 0 radical (unpaired) electrons. The molecule has 1 atom stereocenters. The average molecular weight is 190 g/mol. The number of likely N-dealkylation sites (N-methyl/N-ethyl adjacent to an activating group) is 1. The number of carbonyl (C=O) groups is 1. The van der Waals surface area contributed by atoms with Crippen molar-refractivity contribution in [1.82, 2.24) is 10.6 Å². The van der Waals surface area contributed by atoms with E-state index in [9.17, 15) is 4.79 Å². The molecule has 1 unspecified atom stereocenters. The molecule has 0 aliphatic rings. The van der Waals surface area contributed by atoms with Crippen molar-refractivity contribution in [1.29, 1.82) is 0 Å². The molecule has 0 spiro atoms. The molecule has 0 saturated carbocycles. The molecular formula is C8H18N2O3. The number of nitrogens with one attached hydrogen (secondary N) is 2. The van der Waals surface area contributed by atoms with Gasteiger partial charge >= 0.3 is 0 Å². The first-order valence-corrected chi connectivity index (χ1v) is 4.20. The Hall–Kier alpha value is -0.650. The van der Waals surface area contributed by atoms with Crippen LogP contribution in [-0.2, 0) is 4.79 Å². The Kier molecular flexibility index (Phi) is 4.90. The summed E-state index contributed by atoms with van der Waals surface area (Å²) in [4.78, 5) is 11.3. The van der Waals surface area contributed by atoms with E-state index in [1.807, 2.05) is 0 Å². The fourth-order valence-electron chi connectivity index (χ4n) is 0.666. The molecule has 0 aliphatic carbocycles. The highest BCUT2D eigenvalue weighted by atomic mass is 16.3. The quantitative estimate of drug-likeness (QED) is 0.423. The van der Waals surface area contributed by atoms with Crippen LogP contribution < -0.4 is 10.6 Å². The van der Waals surface area contributed by atoms with Crippen LogP contribution >= 0.6 is 0 Å². The zero-order valence-corrected chi connectivity index (χ0v) is 8.29. The van der Waals surface area contributed by atoms with Crippen LogP contribution in [0.5, 0.6) is 0 Å². The van der Waals surface area contributed by atoms with Crippen LogP contribution in [0.15, 0.2) is 0 Å². The Balaban J connectivity index is 4.17. The number of carbonyl (C=O) groups excluding carboxylic acids is 1. The van der Waals surface area contributed by atoms with Crippen molar-refractivity contribution >= 4 is 5.91 Å². The van der Waals surface area contributed by atoms with Crippen LogP contribution in [0.4, 0.5) is 0 Å². The average Bonchev–Trinajstić information content (AvgIpc) is 2.16. The van der Waals surface area contributed by atoms with E-state index < -0.39 is 5.54 Å². The fourth-order valence-corrected chi connectivity index (χ4v) is 0.666. The Bertz CT molecular complexity index is 169. The Morgan fingerprint density at radius 1 is 1.46 bits per heavy atom. The number of hydrogen-bond donors (Lipinski definition) is 4. The number of rotatable bonds is 5. The van der Waals surface area contributed by atoms with Gasteiger partial charge in [0.1, 0.15) is 0 Å². The van der Waals surface area contributed by atoms with Gasteiger partial charge in [-0.3, -0.25) is 4.79 Å². The third kappa shape index (κ3) is 3.71. The van der Waals surface area contributed by atoms with E-state index in [2.05, 4.69) is 10.6 Å². The van der Waals surface area contributed by atoms with Gasteiger partial charge < -0.3 is 20.8 Å². The molecule has 0 aliphatic heterocycles. The zero-order chi connectivity index (χ0) is 10.5. The van der Waals surface area contributed by atoms with E-state index in [0.717, 1.165) is 0 Å². The van der Waals surface area contributed by atoms with Gasteiger partial charge in [0.05, 0.1) is 24.8 Å². The first-order chi connectivity index (χ1) is 5.99. The van der Waals surface area contributed by atoms with Crippen molar-refractivity contribution in [3.8, 4) is 0 Å². The summed E-state index contributed by atoms with van der Waals surface area (Å²) in [5.41, 5.74) is -0.942. The van der Waals surface area contributed by atoms with Crippen LogP contribution in [0.3, 0.4) is 0 Å². The lowest BCUT2D eigenvalue weighted by Gasteiger charge is -2.27. The second kappa shape index (κ2) is 5.16. The largest absolute Gasteiger partial charge is 0.394 e. The van der Waals surface area contributed by atoms with Crippen molar-refractivity contribution in [2.24, 2.45) is 0 Å². The monoisotopic (exact) mass is 190 g/mol. The van der Waals surface area contributed by atoms with Gasteiger partial charge in [0.15, 0.2) is 0 Å². The van der Waals surface area contributed by atoms with Crippen molar-refractivity contribution in [2.45, 2.75) is 25.4 Å². The molecule has 0 aromatic carbocycles.